The summed E-state index contributed by atoms with van der Waals surface area (Å²) in [5.41, 5.74) is 0.340. The lowest BCUT2D eigenvalue weighted by Gasteiger charge is -2.10. The maximum absolute atomic E-state index is 12.1. The molecule has 1 heterocycles. The van der Waals surface area contributed by atoms with Crippen molar-refractivity contribution in [3.8, 4) is 0 Å². The number of thioether (sulfide) groups is 1. The molecule has 0 amide bonds. The van der Waals surface area contributed by atoms with Gasteiger partial charge in [0, 0.05) is 11.7 Å². The second-order valence-corrected chi connectivity index (χ2v) is 6.42. The molecule has 22 heavy (non-hydrogen) atoms. The Kier molecular flexibility index (Phi) is 5.38. The van der Waals surface area contributed by atoms with Gasteiger partial charge in [-0.15, -0.1) is 0 Å². The van der Waals surface area contributed by atoms with Crippen molar-refractivity contribution in [3.63, 3.8) is 0 Å². The lowest BCUT2D eigenvalue weighted by Crippen LogP contribution is -2.23. The van der Waals surface area contributed by atoms with Gasteiger partial charge in [0.05, 0.1) is 5.69 Å². The molecule has 0 saturated heterocycles. The molecular weight excluding hydrogens is 300 g/mol. The molecule has 0 aliphatic carbocycles. The molecule has 0 saturated carbocycles. The highest BCUT2D eigenvalue weighted by Gasteiger charge is 2.19. The van der Waals surface area contributed by atoms with Gasteiger partial charge < -0.3 is 10.1 Å². The smallest absolute Gasteiger partial charge is 0.343 e. The summed E-state index contributed by atoms with van der Waals surface area (Å²) < 4.78 is 0. The van der Waals surface area contributed by atoms with Gasteiger partial charge in [-0.3, -0.25) is 4.79 Å². The minimum absolute atomic E-state index is 0.280. The zero-order valence-corrected chi connectivity index (χ0v) is 13.3. The van der Waals surface area contributed by atoms with Crippen molar-refractivity contribution in [2.75, 3.05) is 0 Å². The van der Waals surface area contributed by atoms with Crippen LogP contribution in [0.25, 0.3) is 0 Å². The van der Waals surface area contributed by atoms with Crippen molar-refractivity contribution >= 4 is 17.7 Å². The molecule has 2 aromatic rings. The molecular formula is C16H18N2O3S. The number of carbonyl (C=O) groups is 1. The number of benzene rings is 1. The summed E-state index contributed by atoms with van der Waals surface area (Å²) in [6.07, 6.45) is 1.25. The van der Waals surface area contributed by atoms with Crippen LogP contribution in [-0.4, -0.2) is 26.3 Å². The minimum atomic E-state index is -1.25. The molecule has 5 nitrogen and oxygen atoms in total. The van der Waals surface area contributed by atoms with Gasteiger partial charge in [0.25, 0.3) is 5.56 Å². The fraction of sp³-hybridized carbons (Fsp3) is 0.312. The first-order valence-electron chi connectivity index (χ1n) is 7.08. The van der Waals surface area contributed by atoms with Gasteiger partial charge >= 0.3 is 5.97 Å². The number of aromatic amines is 1. The third-order valence-electron chi connectivity index (χ3n) is 3.29. The molecule has 0 fully saturated rings. The predicted octanol–water partition coefficient (Wildman–Crippen LogP) is 2.95. The molecule has 2 N–H and O–H groups in total. The molecule has 116 valence electrons. The zero-order chi connectivity index (χ0) is 16.1. The molecule has 1 aromatic carbocycles. The summed E-state index contributed by atoms with van der Waals surface area (Å²) in [6.45, 7) is 4.08. The normalized spacial score (nSPS) is 12.1. The first kappa shape index (κ1) is 16.3. The monoisotopic (exact) mass is 318 g/mol. The summed E-state index contributed by atoms with van der Waals surface area (Å²) in [7, 11) is 0. The third-order valence-corrected chi connectivity index (χ3v) is 4.44. The number of hydrogen-bond acceptors (Lipinski definition) is 4. The fourth-order valence-corrected chi connectivity index (χ4v) is 2.83. The van der Waals surface area contributed by atoms with Crippen LogP contribution in [0.5, 0.6) is 0 Å². The molecule has 0 bridgehead atoms. The van der Waals surface area contributed by atoms with Crippen molar-refractivity contribution in [2.24, 2.45) is 0 Å². The van der Waals surface area contributed by atoms with E-state index in [9.17, 15) is 14.7 Å². The number of carboxylic acids is 1. The van der Waals surface area contributed by atoms with Crippen LogP contribution >= 0.6 is 11.8 Å². The summed E-state index contributed by atoms with van der Waals surface area (Å²) in [6, 6.07) is 9.40. The highest BCUT2D eigenvalue weighted by molar-refractivity contribution is 7.99. The summed E-state index contributed by atoms with van der Waals surface area (Å²) in [5.74, 6) is -1.25. The molecule has 6 heteroatoms. The van der Waals surface area contributed by atoms with Gasteiger partial charge in [-0.25, -0.2) is 9.78 Å². The number of carboxylic acid groups (broad SMARTS) is 1. The van der Waals surface area contributed by atoms with Gasteiger partial charge in [-0.05, 0) is 12.0 Å². The van der Waals surface area contributed by atoms with Crippen molar-refractivity contribution < 1.29 is 9.90 Å². The molecule has 1 unspecified atom stereocenters. The van der Waals surface area contributed by atoms with E-state index in [-0.39, 0.29) is 5.56 Å². The van der Waals surface area contributed by atoms with Crippen molar-refractivity contribution in [2.45, 2.75) is 37.1 Å². The number of nitrogens with zero attached hydrogens (tertiary/aromatic N) is 1. The Bertz CT molecular complexity index is 713. The summed E-state index contributed by atoms with van der Waals surface area (Å²) in [5, 5.41) is 10.0. The summed E-state index contributed by atoms with van der Waals surface area (Å²) in [4.78, 5) is 30.4. The average Bonchev–Trinajstić information content (AvgIpc) is 2.47. The van der Waals surface area contributed by atoms with Crippen LogP contribution in [0, 0.1) is 0 Å². The van der Waals surface area contributed by atoms with Crippen LogP contribution in [-0.2, 0) is 6.42 Å². The third kappa shape index (κ3) is 3.98. The number of H-pyrrole nitrogens is 1. The van der Waals surface area contributed by atoms with Gasteiger partial charge in [-0.2, -0.15) is 0 Å². The van der Waals surface area contributed by atoms with E-state index in [1.54, 1.807) is 0 Å². The largest absolute Gasteiger partial charge is 0.477 e. The zero-order valence-electron chi connectivity index (χ0n) is 12.5. The maximum atomic E-state index is 12.1. The van der Waals surface area contributed by atoms with Crippen molar-refractivity contribution in [1.82, 2.24) is 9.97 Å². The van der Waals surface area contributed by atoms with E-state index in [2.05, 4.69) is 9.97 Å². The number of hydrogen-bond donors (Lipinski definition) is 2. The van der Waals surface area contributed by atoms with Crippen LogP contribution in [0.1, 0.15) is 41.9 Å². The van der Waals surface area contributed by atoms with Crippen molar-refractivity contribution in [1.29, 1.82) is 0 Å². The Labute approximate surface area is 132 Å². The van der Waals surface area contributed by atoms with E-state index in [0.717, 1.165) is 12.0 Å². The van der Waals surface area contributed by atoms with Crippen LogP contribution in [0.4, 0.5) is 0 Å². The highest BCUT2D eigenvalue weighted by Crippen LogP contribution is 2.22. The quantitative estimate of drug-likeness (QED) is 0.632. The lowest BCUT2D eigenvalue weighted by molar-refractivity contribution is 0.0693. The highest BCUT2D eigenvalue weighted by atomic mass is 32.2. The SMILES string of the molecule is CCC(C)Sc1nc(Cc2ccccc2)c(C(=O)O)c(=O)[nH]1. The molecule has 0 aliphatic rings. The second kappa shape index (κ2) is 7.26. The van der Waals surface area contributed by atoms with Crippen LogP contribution in [0.2, 0.25) is 0 Å². The average molecular weight is 318 g/mol. The Morgan fingerprint density at radius 1 is 1.36 bits per heavy atom. The molecule has 0 spiro atoms. The minimum Gasteiger partial charge on any atom is -0.477 e. The Morgan fingerprint density at radius 2 is 2.05 bits per heavy atom. The molecule has 1 atom stereocenters. The van der Waals surface area contributed by atoms with Crippen molar-refractivity contribution in [3.05, 3.63) is 57.5 Å². The van der Waals surface area contributed by atoms with Crippen LogP contribution < -0.4 is 5.56 Å². The van der Waals surface area contributed by atoms with E-state index in [0.29, 0.717) is 22.5 Å². The van der Waals surface area contributed by atoms with Crippen LogP contribution in [0.15, 0.2) is 40.3 Å². The van der Waals surface area contributed by atoms with Crippen LogP contribution in [0.3, 0.4) is 0 Å². The maximum Gasteiger partial charge on any atom is 0.343 e. The van der Waals surface area contributed by atoms with Gasteiger partial charge in [0.2, 0.25) is 0 Å². The Hall–Kier alpha value is -2.08. The Morgan fingerprint density at radius 3 is 2.64 bits per heavy atom. The molecule has 0 aliphatic heterocycles. The van der Waals surface area contributed by atoms with Gasteiger partial charge in [0.15, 0.2) is 5.16 Å². The second-order valence-electron chi connectivity index (χ2n) is 5.00. The number of rotatable bonds is 6. The number of aromatic nitrogens is 2. The standard InChI is InChI=1S/C16H18N2O3S/c1-3-10(2)22-16-17-12(9-11-7-5-4-6-8-11)13(15(20)21)14(19)18-16/h4-8,10H,3,9H2,1-2H3,(H,20,21)(H,17,18,19). The first-order chi connectivity index (χ1) is 10.5. The van der Waals surface area contributed by atoms with E-state index in [1.807, 2.05) is 44.2 Å². The van der Waals surface area contributed by atoms with E-state index < -0.39 is 11.5 Å². The topological polar surface area (TPSA) is 83.0 Å². The fourth-order valence-electron chi connectivity index (χ4n) is 1.96. The first-order valence-corrected chi connectivity index (χ1v) is 7.96. The number of nitrogens with one attached hydrogen (secondary N) is 1. The predicted molar refractivity (Wildman–Crippen MR) is 86.7 cm³/mol. The van der Waals surface area contributed by atoms with E-state index in [4.69, 9.17) is 0 Å². The Balaban J connectivity index is 2.43. The number of aromatic carboxylic acids is 1. The van der Waals surface area contributed by atoms with Gasteiger partial charge in [0.1, 0.15) is 5.56 Å². The molecule has 1 aromatic heterocycles. The van der Waals surface area contributed by atoms with E-state index >= 15 is 0 Å². The molecule has 0 radical (unpaired) electrons. The van der Waals surface area contributed by atoms with E-state index in [1.165, 1.54) is 11.8 Å². The molecule has 2 rings (SSSR count). The summed E-state index contributed by atoms with van der Waals surface area (Å²) >= 11 is 1.44. The lowest BCUT2D eigenvalue weighted by atomic mass is 10.1. The van der Waals surface area contributed by atoms with Gasteiger partial charge in [-0.1, -0.05) is 55.9 Å².